The van der Waals surface area contributed by atoms with E-state index in [4.69, 9.17) is 0 Å². The van der Waals surface area contributed by atoms with Crippen LogP contribution in [0.4, 0.5) is 13.2 Å². The number of nitrogens with zero attached hydrogens (tertiary/aromatic N) is 2. The van der Waals surface area contributed by atoms with Crippen molar-refractivity contribution < 1.29 is 13.2 Å². The molecule has 90 valence electrons. The third kappa shape index (κ3) is 3.81. The molecular formula is C11H9F3N2S. The van der Waals surface area contributed by atoms with E-state index < -0.39 is 12.6 Å². The molecule has 2 heterocycles. The molecule has 0 aliphatic carbocycles. The quantitative estimate of drug-likeness (QED) is 0.844. The second-order valence-electron chi connectivity index (χ2n) is 3.56. The first kappa shape index (κ1) is 12.0. The Bertz CT molecular complexity index is 479. The topological polar surface area (TPSA) is 25.8 Å². The van der Waals surface area contributed by atoms with E-state index in [0.29, 0.717) is 11.4 Å². The first-order valence-corrected chi connectivity index (χ1v) is 5.80. The average Bonchev–Trinajstić information content (AvgIpc) is 2.64. The van der Waals surface area contributed by atoms with Gasteiger partial charge in [0.1, 0.15) is 0 Å². The lowest BCUT2D eigenvalue weighted by Crippen LogP contribution is -2.11. The molecule has 0 fully saturated rings. The summed E-state index contributed by atoms with van der Waals surface area (Å²) in [6.07, 6.45) is -1.30. The molecule has 0 aliphatic rings. The second-order valence-corrected chi connectivity index (χ2v) is 4.50. The summed E-state index contributed by atoms with van der Waals surface area (Å²) in [6, 6.07) is 3.65. The van der Waals surface area contributed by atoms with Crippen LogP contribution in [0.3, 0.4) is 0 Å². The minimum absolute atomic E-state index is 0.0894. The lowest BCUT2D eigenvalue weighted by atomic mass is 10.2. The number of thiazole rings is 1. The molecule has 0 atom stereocenters. The van der Waals surface area contributed by atoms with Gasteiger partial charge < -0.3 is 0 Å². The fourth-order valence-corrected chi connectivity index (χ4v) is 2.22. The normalized spacial score (nSPS) is 11.7. The molecule has 17 heavy (non-hydrogen) atoms. The van der Waals surface area contributed by atoms with Crippen molar-refractivity contribution in [1.82, 2.24) is 9.97 Å². The Morgan fingerprint density at radius 3 is 2.53 bits per heavy atom. The molecule has 0 amide bonds. The van der Waals surface area contributed by atoms with Gasteiger partial charge in [0, 0.05) is 24.2 Å². The molecule has 0 aliphatic heterocycles. The number of aromatic nitrogens is 2. The number of pyridine rings is 1. The molecule has 0 radical (unpaired) electrons. The van der Waals surface area contributed by atoms with Gasteiger partial charge in [-0.1, -0.05) is 0 Å². The summed E-state index contributed by atoms with van der Waals surface area (Å²) in [5.41, 5.74) is 1.08. The predicted molar refractivity (Wildman–Crippen MR) is 58.9 cm³/mol. The van der Waals surface area contributed by atoms with Crippen molar-refractivity contribution in [2.75, 3.05) is 0 Å². The minimum Gasteiger partial charge on any atom is -0.265 e. The van der Waals surface area contributed by atoms with Gasteiger partial charge in [0.25, 0.3) is 0 Å². The molecule has 0 spiro atoms. The summed E-state index contributed by atoms with van der Waals surface area (Å²) in [5.74, 6) is 0. The highest BCUT2D eigenvalue weighted by molar-refractivity contribution is 7.09. The van der Waals surface area contributed by atoms with E-state index in [9.17, 15) is 13.2 Å². The van der Waals surface area contributed by atoms with E-state index in [1.807, 2.05) is 12.1 Å². The Balaban J connectivity index is 2.04. The molecule has 0 unspecified atom stereocenters. The highest BCUT2D eigenvalue weighted by Gasteiger charge is 2.28. The van der Waals surface area contributed by atoms with Crippen molar-refractivity contribution in [3.63, 3.8) is 0 Å². The fraction of sp³-hybridized carbons (Fsp3) is 0.273. The van der Waals surface area contributed by atoms with Crippen LogP contribution in [0.25, 0.3) is 0 Å². The van der Waals surface area contributed by atoms with Crippen LogP contribution in [-0.4, -0.2) is 16.1 Å². The first-order valence-electron chi connectivity index (χ1n) is 4.92. The maximum Gasteiger partial charge on any atom is 0.394 e. The lowest BCUT2D eigenvalue weighted by Gasteiger charge is -2.02. The third-order valence-corrected chi connectivity index (χ3v) is 2.98. The molecule has 0 N–H and O–H groups in total. The molecular weight excluding hydrogens is 249 g/mol. The van der Waals surface area contributed by atoms with Gasteiger partial charge in [-0.3, -0.25) is 4.98 Å². The van der Waals surface area contributed by atoms with Gasteiger partial charge in [0.15, 0.2) is 0 Å². The van der Waals surface area contributed by atoms with Crippen LogP contribution in [0, 0.1) is 0 Å². The summed E-state index contributed by atoms with van der Waals surface area (Å²) in [4.78, 5) is 7.84. The average molecular weight is 258 g/mol. The Morgan fingerprint density at radius 2 is 1.88 bits per heavy atom. The van der Waals surface area contributed by atoms with Crippen molar-refractivity contribution in [2.24, 2.45) is 0 Å². The summed E-state index contributed by atoms with van der Waals surface area (Å²) in [5, 5.41) is 2.15. The number of hydrogen-bond donors (Lipinski definition) is 0. The summed E-state index contributed by atoms with van der Waals surface area (Å²) < 4.78 is 36.4. The van der Waals surface area contributed by atoms with E-state index in [0.717, 1.165) is 5.56 Å². The first-order chi connectivity index (χ1) is 8.03. The zero-order valence-electron chi connectivity index (χ0n) is 8.74. The highest BCUT2D eigenvalue weighted by Crippen LogP contribution is 2.23. The molecule has 2 rings (SSSR count). The number of hydrogen-bond acceptors (Lipinski definition) is 3. The fourth-order valence-electron chi connectivity index (χ4n) is 1.39. The molecule has 2 aromatic heterocycles. The van der Waals surface area contributed by atoms with Crippen molar-refractivity contribution in [1.29, 1.82) is 0 Å². The Labute approximate surface area is 100 Å². The van der Waals surface area contributed by atoms with Crippen molar-refractivity contribution in [3.05, 3.63) is 46.2 Å². The number of halogens is 3. The summed E-state index contributed by atoms with van der Waals surface area (Å²) >= 11 is 1.25. The van der Waals surface area contributed by atoms with Crippen LogP contribution in [0.15, 0.2) is 29.9 Å². The molecule has 0 saturated heterocycles. The van der Waals surface area contributed by atoms with E-state index in [1.165, 1.54) is 16.7 Å². The molecule has 0 aromatic carbocycles. The minimum atomic E-state index is -4.19. The lowest BCUT2D eigenvalue weighted by molar-refractivity contribution is -0.127. The van der Waals surface area contributed by atoms with E-state index in [2.05, 4.69) is 9.97 Å². The number of rotatable bonds is 3. The zero-order valence-corrected chi connectivity index (χ0v) is 9.55. The Morgan fingerprint density at radius 1 is 1.18 bits per heavy atom. The van der Waals surface area contributed by atoms with E-state index in [1.54, 1.807) is 12.4 Å². The van der Waals surface area contributed by atoms with Crippen LogP contribution in [0.2, 0.25) is 0 Å². The van der Waals surface area contributed by atoms with Gasteiger partial charge in [-0.2, -0.15) is 13.2 Å². The summed E-state index contributed by atoms with van der Waals surface area (Å²) in [6.45, 7) is 0. The maximum atomic E-state index is 12.1. The van der Waals surface area contributed by atoms with Crippen molar-refractivity contribution in [2.45, 2.75) is 19.0 Å². The monoisotopic (exact) mass is 258 g/mol. The Hall–Kier alpha value is -1.43. The molecule has 0 saturated carbocycles. The van der Waals surface area contributed by atoms with E-state index >= 15 is 0 Å². The van der Waals surface area contributed by atoms with Gasteiger partial charge in [-0.05, 0) is 17.7 Å². The number of alkyl halides is 3. The van der Waals surface area contributed by atoms with Gasteiger partial charge in [-0.15, -0.1) is 11.3 Å². The van der Waals surface area contributed by atoms with Crippen molar-refractivity contribution >= 4 is 11.3 Å². The highest BCUT2D eigenvalue weighted by atomic mass is 32.1. The van der Waals surface area contributed by atoms with Crippen LogP contribution in [0.5, 0.6) is 0 Å². The Kier molecular flexibility index (Phi) is 3.42. The van der Waals surface area contributed by atoms with Crippen molar-refractivity contribution in [3.8, 4) is 0 Å². The molecule has 2 nitrogen and oxygen atoms in total. The second kappa shape index (κ2) is 4.83. The van der Waals surface area contributed by atoms with Gasteiger partial charge in [0.2, 0.25) is 0 Å². The van der Waals surface area contributed by atoms with Crippen LogP contribution in [-0.2, 0) is 12.8 Å². The zero-order chi connectivity index (χ0) is 12.3. The smallest absolute Gasteiger partial charge is 0.265 e. The summed E-state index contributed by atoms with van der Waals surface area (Å²) in [7, 11) is 0. The maximum absolute atomic E-state index is 12.1. The van der Waals surface area contributed by atoms with Crippen LogP contribution in [0.1, 0.15) is 16.3 Å². The standard InChI is InChI=1S/C11H9F3N2S/c12-11(13,14)6-9-7-17-10(16-9)5-8-1-3-15-4-2-8/h1-4,7H,5-6H2. The van der Waals surface area contributed by atoms with Crippen LogP contribution >= 0.6 is 11.3 Å². The SMILES string of the molecule is FC(F)(F)Cc1csc(Cc2ccncc2)n1. The molecule has 0 bridgehead atoms. The van der Waals surface area contributed by atoms with Gasteiger partial charge >= 0.3 is 6.18 Å². The van der Waals surface area contributed by atoms with Gasteiger partial charge in [-0.25, -0.2) is 4.98 Å². The largest absolute Gasteiger partial charge is 0.394 e. The third-order valence-electron chi connectivity index (χ3n) is 2.09. The van der Waals surface area contributed by atoms with E-state index in [-0.39, 0.29) is 5.69 Å². The van der Waals surface area contributed by atoms with Gasteiger partial charge in [0.05, 0.1) is 17.1 Å². The molecule has 2 aromatic rings. The van der Waals surface area contributed by atoms with Crippen LogP contribution < -0.4 is 0 Å². The molecule has 6 heteroatoms. The predicted octanol–water partition coefficient (Wildman–Crippen LogP) is 3.23.